The molecule has 0 aliphatic carbocycles. The van der Waals surface area contributed by atoms with Crippen LogP contribution < -0.4 is 4.90 Å². The van der Waals surface area contributed by atoms with Crippen molar-refractivity contribution in [3.05, 3.63) is 54.0 Å². The minimum Gasteiger partial charge on any atom is -0.465 e. The molecule has 0 radical (unpaired) electrons. The molecule has 3 saturated heterocycles. The number of hydrogen-bond donors (Lipinski definition) is 1. The molecule has 1 N–H and O–H groups in total. The maximum absolute atomic E-state index is 10.2. The lowest BCUT2D eigenvalue weighted by Gasteiger charge is -2.40. The number of furan rings is 1. The van der Waals surface area contributed by atoms with E-state index in [9.17, 15) is 5.11 Å². The van der Waals surface area contributed by atoms with Gasteiger partial charge in [-0.15, -0.1) is 0 Å². The molecule has 6 rings (SSSR count). The monoisotopic (exact) mass is 422 g/mol. The van der Waals surface area contributed by atoms with Gasteiger partial charge in [0, 0.05) is 43.6 Å². The molecule has 2 aromatic heterocycles. The van der Waals surface area contributed by atoms with Crippen LogP contribution in [-0.4, -0.2) is 64.6 Å². The largest absolute Gasteiger partial charge is 0.465 e. The Balaban J connectivity index is 1.24. The SMILES string of the molecule is Cc1ccc(CN2C[C@H]3O[C@]4(C2)CN(c2noc(-c5ccccc5)n2)C[C@@H]4[C@@H]3CO)o1. The number of fused-ring (bicyclic) bond motifs is 1. The lowest BCUT2D eigenvalue weighted by molar-refractivity contribution is -0.113. The predicted octanol–water partition coefficient (Wildman–Crippen LogP) is 2.34. The van der Waals surface area contributed by atoms with E-state index in [1.807, 2.05) is 49.4 Å². The summed E-state index contributed by atoms with van der Waals surface area (Å²) in [5, 5.41) is 14.4. The number of aryl methyl sites for hydroxylation is 1. The smallest absolute Gasteiger partial charge is 0.266 e. The van der Waals surface area contributed by atoms with E-state index in [1.165, 1.54) is 0 Å². The maximum atomic E-state index is 10.2. The molecule has 1 aromatic carbocycles. The lowest BCUT2D eigenvalue weighted by atomic mass is 9.83. The third kappa shape index (κ3) is 3.17. The molecule has 8 nitrogen and oxygen atoms in total. The minimum atomic E-state index is -0.342. The summed E-state index contributed by atoms with van der Waals surface area (Å²) in [6.45, 7) is 5.89. The second-order valence-corrected chi connectivity index (χ2v) is 9.00. The van der Waals surface area contributed by atoms with E-state index in [-0.39, 0.29) is 30.1 Å². The fraction of sp³-hybridized carbons (Fsp3) is 0.478. The summed E-state index contributed by atoms with van der Waals surface area (Å²) >= 11 is 0. The molecule has 162 valence electrons. The van der Waals surface area contributed by atoms with Crippen LogP contribution in [0.1, 0.15) is 11.5 Å². The zero-order valence-electron chi connectivity index (χ0n) is 17.5. The number of rotatable bonds is 5. The average molecular weight is 422 g/mol. The molecule has 3 aromatic rings. The summed E-state index contributed by atoms with van der Waals surface area (Å²) < 4.78 is 17.9. The van der Waals surface area contributed by atoms with Crippen molar-refractivity contribution in [2.45, 2.75) is 25.2 Å². The van der Waals surface area contributed by atoms with E-state index in [0.717, 1.165) is 43.3 Å². The second-order valence-electron chi connectivity index (χ2n) is 9.00. The van der Waals surface area contributed by atoms with E-state index in [2.05, 4.69) is 19.9 Å². The van der Waals surface area contributed by atoms with Gasteiger partial charge in [0.2, 0.25) is 0 Å². The Bertz CT molecular complexity index is 1070. The van der Waals surface area contributed by atoms with Crippen LogP contribution >= 0.6 is 0 Å². The van der Waals surface area contributed by atoms with Gasteiger partial charge in [0.25, 0.3) is 11.8 Å². The number of aliphatic hydroxyl groups is 1. The van der Waals surface area contributed by atoms with Gasteiger partial charge in [-0.1, -0.05) is 18.2 Å². The Hall–Kier alpha value is -2.68. The van der Waals surface area contributed by atoms with Crippen molar-refractivity contribution in [2.24, 2.45) is 11.8 Å². The van der Waals surface area contributed by atoms with Crippen LogP contribution in [0.3, 0.4) is 0 Å². The van der Waals surface area contributed by atoms with Gasteiger partial charge in [0.05, 0.1) is 19.2 Å². The van der Waals surface area contributed by atoms with Crippen LogP contribution in [-0.2, 0) is 11.3 Å². The molecule has 2 bridgehead atoms. The summed E-state index contributed by atoms with van der Waals surface area (Å²) in [6, 6.07) is 13.8. The molecular formula is C23H26N4O4. The summed E-state index contributed by atoms with van der Waals surface area (Å²) in [7, 11) is 0. The number of ether oxygens (including phenoxy) is 1. The summed E-state index contributed by atoms with van der Waals surface area (Å²) in [5.74, 6) is 3.32. The van der Waals surface area contributed by atoms with Gasteiger partial charge in [-0.25, -0.2) is 0 Å². The minimum absolute atomic E-state index is 0.0344. The first kappa shape index (κ1) is 19.0. The molecule has 1 spiro atoms. The number of likely N-dealkylation sites (tertiary alicyclic amines) is 1. The summed E-state index contributed by atoms with van der Waals surface area (Å²) in [6.07, 6.45) is 0.0344. The normalized spacial score (nSPS) is 30.1. The zero-order valence-corrected chi connectivity index (χ0v) is 17.5. The highest BCUT2D eigenvalue weighted by atomic mass is 16.5. The highest BCUT2D eigenvalue weighted by Gasteiger charge is 2.62. The summed E-state index contributed by atoms with van der Waals surface area (Å²) in [5.41, 5.74) is 0.562. The number of nitrogens with zero attached hydrogens (tertiary/aromatic N) is 4. The van der Waals surface area contributed by atoms with Gasteiger partial charge in [-0.2, -0.15) is 4.98 Å². The first-order valence-corrected chi connectivity index (χ1v) is 10.8. The fourth-order valence-corrected chi connectivity index (χ4v) is 5.63. The predicted molar refractivity (Wildman–Crippen MR) is 112 cm³/mol. The van der Waals surface area contributed by atoms with Crippen molar-refractivity contribution in [1.82, 2.24) is 15.0 Å². The average Bonchev–Trinajstić information content (AvgIpc) is 3.52. The Morgan fingerprint density at radius 2 is 2.00 bits per heavy atom. The van der Waals surface area contributed by atoms with Crippen molar-refractivity contribution >= 4 is 5.95 Å². The van der Waals surface area contributed by atoms with Gasteiger partial charge in [0.1, 0.15) is 17.1 Å². The number of aliphatic hydroxyl groups excluding tert-OH is 1. The van der Waals surface area contributed by atoms with Crippen LogP contribution in [0.25, 0.3) is 11.5 Å². The summed E-state index contributed by atoms with van der Waals surface area (Å²) in [4.78, 5) is 9.17. The molecule has 8 heteroatoms. The van der Waals surface area contributed by atoms with Gasteiger partial charge in [-0.3, -0.25) is 4.90 Å². The van der Waals surface area contributed by atoms with Crippen LogP contribution in [0.2, 0.25) is 0 Å². The Kier molecular flexibility index (Phi) is 4.41. The van der Waals surface area contributed by atoms with E-state index in [1.54, 1.807) is 0 Å². The van der Waals surface area contributed by atoms with Crippen LogP contribution in [0.5, 0.6) is 0 Å². The molecule has 4 atom stereocenters. The molecule has 5 heterocycles. The Morgan fingerprint density at radius 3 is 2.77 bits per heavy atom. The fourth-order valence-electron chi connectivity index (χ4n) is 5.63. The van der Waals surface area contributed by atoms with Crippen molar-refractivity contribution in [3.8, 4) is 11.5 Å². The molecule has 0 unspecified atom stereocenters. The number of aromatic nitrogens is 2. The van der Waals surface area contributed by atoms with Gasteiger partial charge in [-0.05, 0) is 36.3 Å². The molecule has 3 fully saturated rings. The van der Waals surface area contributed by atoms with Crippen molar-refractivity contribution < 1.29 is 18.8 Å². The molecule has 0 amide bonds. The van der Waals surface area contributed by atoms with Crippen molar-refractivity contribution in [3.63, 3.8) is 0 Å². The second kappa shape index (κ2) is 7.19. The number of morpholine rings is 1. The van der Waals surface area contributed by atoms with Crippen molar-refractivity contribution in [1.29, 1.82) is 0 Å². The third-order valence-corrected chi connectivity index (χ3v) is 6.97. The van der Waals surface area contributed by atoms with Gasteiger partial charge < -0.3 is 23.7 Å². The quantitative estimate of drug-likeness (QED) is 0.670. The van der Waals surface area contributed by atoms with E-state index in [4.69, 9.17) is 13.7 Å². The first-order chi connectivity index (χ1) is 15.1. The highest BCUT2D eigenvalue weighted by molar-refractivity contribution is 5.54. The van der Waals surface area contributed by atoms with Crippen molar-refractivity contribution in [2.75, 3.05) is 37.7 Å². The van der Waals surface area contributed by atoms with E-state index < -0.39 is 0 Å². The zero-order chi connectivity index (χ0) is 21.0. The number of anilines is 1. The standard InChI is InChI=1S/C23H26N4O4/c1-15-7-8-17(29-15)9-26-11-20-18(12-28)19-10-27(14-23(19,13-26)30-20)22-24-21(31-25-22)16-5-3-2-4-6-16/h2-8,18-20,28H,9-14H2,1H3/t18-,19+,20+,23+/m0/s1. The lowest BCUT2D eigenvalue weighted by Crippen LogP contribution is -2.53. The Labute approximate surface area is 180 Å². The van der Waals surface area contributed by atoms with Gasteiger partial charge >= 0.3 is 0 Å². The first-order valence-electron chi connectivity index (χ1n) is 10.8. The molecule has 31 heavy (non-hydrogen) atoms. The molecule has 3 aliphatic heterocycles. The molecule has 0 saturated carbocycles. The van der Waals surface area contributed by atoms with Crippen LogP contribution in [0.15, 0.2) is 51.4 Å². The Morgan fingerprint density at radius 1 is 1.13 bits per heavy atom. The molecular weight excluding hydrogens is 396 g/mol. The van der Waals surface area contributed by atoms with E-state index in [0.29, 0.717) is 18.4 Å². The van der Waals surface area contributed by atoms with Crippen LogP contribution in [0.4, 0.5) is 5.95 Å². The third-order valence-electron chi connectivity index (χ3n) is 6.97. The number of hydrogen-bond acceptors (Lipinski definition) is 8. The topological polar surface area (TPSA) is 88.0 Å². The number of benzene rings is 1. The maximum Gasteiger partial charge on any atom is 0.266 e. The highest BCUT2D eigenvalue weighted by Crippen LogP contribution is 2.49. The van der Waals surface area contributed by atoms with Gasteiger partial charge in [0.15, 0.2) is 0 Å². The van der Waals surface area contributed by atoms with Crippen LogP contribution in [0, 0.1) is 18.8 Å². The molecule has 3 aliphatic rings. The van der Waals surface area contributed by atoms with E-state index >= 15 is 0 Å².